The van der Waals surface area contributed by atoms with E-state index >= 15 is 0 Å². The molecule has 2 aromatic rings. The van der Waals surface area contributed by atoms with Gasteiger partial charge in [0, 0.05) is 29.7 Å². The van der Waals surface area contributed by atoms with Gasteiger partial charge in [-0.25, -0.2) is 0 Å². The quantitative estimate of drug-likeness (QED) is 0.634. The van der Waals surface area contributed by atoms with Gasteiger partial charge in [-0.3, -0.25) is 14.9 Å². The van der Waals surface area contributed by atoms with Crippen molar-refractivity contribution >= 4 is 17.3 Å². The van der Waals surface area contributed by atoms with Gasteiger partial charge in [0.15, 0.2) is 0 Å². The van der Waals surface area contributed by atoms with Crippen molar-refractivity contribution in [3.05, 3.63) is 63.7 Å². The van der Waals surface area contributed by atoms with Crippen LogP contribution < -0.4 is 15.4 Å². The monoisotopic (exact) mass is 353 g/mol. The Labute approximate surface area is 150 Å². The number of nitrogens with one attached hydrogen (secondary N) is 2. The molecule has 0 bridgehead atoms. The second-order valence-electron chi connectivity index (χ2n) is 6.61. The number of ether oxygens (including phenoxy) is 1. The van der Waals surface area contributed by atoms with Crippen LogP contribution in [0.5, 0.6) is 5.75 Å². The molecule has 0 radical (unpaired) electrons. The summed E-state index contributed by atoms with van der Waals surface area (Å²) in [5.41, 5.74) is 1.60. The Bertz CT molecular complexity index is 864. The number of rotatable bonds is 5. The maximum atomic E-state index is 12.6. The van der Waals surface area contributed by atoms with Crippen LogP contribution in [0, 0.1) is 10.1 Å². The molecule has 1 aliphatic carbocycles. The topological polar surface area (TPSA) is 93.5 Å². The Morgan fingerprint density at radius 1 is 1.15 bits per heavy atom. The molecule has 4 rings (SSSR count). The van der Waals surface area contributed by atoms with Crippen LogP contribution in [-0.2, 0) is 0 Å². The van der Waals surface area contributed by atoms with Crippen LogP contribution in [0.2, 0.25) is 0 Å². The maximum absolute atomic E-state index is 12.6. The number of nitrogens with zero attached hydrogens (tertiary/aromatic N) is 1. The van der Waals surface area contributed by atoms with E-state index in [1.807, 2.05) is 24.3 Å². The summed E-state index contributed by atoms with van der Waals surface area (Å²) in [7, 11) is 0. The third-order valence-corrected chi connectivity index (χ3v) is 4.66. The highest BCUT2D eigenvalue weighted by molar-refractivity contribution is 5.96. The van der Waals surface area contributed by atoms with E-state index in [1.54, 1.807) is 12.1 Å². The molecule has 2 aromatic carbocycles. The Hall–Kier alpha value is -3.09. The van der Waals surface area contributed by atoms with Crippen molar-refractivity contribution in [1.29, 1.82) is 0 Å². The van der Waals surface area contributed by atoms with E-state index in [-0.39, 0.29) is 23.2 Å². The molecule has 2 N–H and O–H groups in total. The van der Waals surface area contributed by atoms with E-state index < -0.39 is 4.92 Å². The predicted octanol–water partition coefficient (Wildman–Crippen LogP) is 3.42. The molecule has 1 amide bonds. The molecule has 7 heteroatoms. The van der Waals surface area contributed by atoms with Gasteiger partial charge < -0.3 is 15.4 Å². The number of nitro groups is 1. The minimum Gasteiger partial charge on any atom is -0.493 e. The lowest BCUT2D eigenvalue weighted by Gasteiger charge is -2.26. The van der Waals surface area contributed by atoms with Gasteiger partial charge in [-0.05, 0) is 31.0 Å². The summed E-state index contributed by atoms with van der Waals surface area (Å²) >= 11 is 0. The van der Waals surface area contributed by atoms with Crippen LogP contribution in [-0.4, -0.2) is 23.5 Å². The zero-order valence-corrected chi connectivity index (χ0v) is 14.1. The van der Waals surface area contributed by atoms with Gasteiger partial charge in [-0.15, -0.1) is 0 Å². The number of hydrogen-bond donors (Lipinski definition) is 2. The Morgan fingerprint density at radius 2 is 1.96 bits per heavy atom. The van der Waals surface area contributed by atoms with Gasteiger partial charge in [-0.2, -0.15) is 0 Å². The van der Waals surface area contributed by atoms with Gasteiger partial charge >= 0.3 is 0 Å². The van der Waals surface area contributed by atoms with E-state index in [1.165, 1.54) is 6.07 Å². The normalized spacial score (nSPS) is 18.4. The fourth-order valence-corrected chi connectivity index (χ4v) is 3.13. The predicted molar refractivity (Wildman–Crippen MR) is 96.5 cm³/mol. The minimum atomic E-state index is -0.453. The SMILES string of the molecule is O=C(N[C@H]1CCOc2ccccc21)c1ccc(NC2CC2)c([N+](=O)[O-])c1. The molecule has 134 valence electrons. The third kappa shape index (κ3) is 3.33. The van der Waals surface area contributed by atoms with Crippen LogP contribution in [0.4, 0.5) is 11.4 Å². The summed E-state index contributed by atoms with van der Waals surface area (Å²) in [6, 6.07) is 12.3. The van der Waals surface area contributed by atoms with Crippen molar-refractivity contribution in [1.82, 2.24) is 5.32 Å². The summed E-state index contributed by atoms with van der Waals surface area (Å²) in [6.07, 6.45) is 2.69. The number of para-hydroxylation sites is 1. The molecule has 2 aliphatic rings. The lowest BCUT2D eigenvalue weighted by Crippen LogP contribution is -2.32. The van der Waals surface area contributed by atoms with Gasteiger partial charge in [0.05, 0.1) is 17.6 Å². The van der Waals surface area contributed by atoms with Crippen LogP contribution in [0.25, 0.3) is 0 Å². The van der Waals surface area contributed by atoms with E-state index in [9.17, 15) is 14.9 Å². The van der Waals surface area contributed by atoms with E-state index in [0.717, 1.165) is 24.2 Å². The van der Waals surface area contributed by atoms with Gasteiger partial charge in [-0.1, -0.05) is 18.2 Å². The third-order valence-electron chi connectivity index (χ3n) is 4.66. The average molecular weight is 353 g/mol. The molecule has 1 heterocycles. The van der Waals surface area contributed by atoms with Crippen LogP contribution in [0.15, 0.2) is 42.5 Å². The fraction of sp³-hybridized carbons (Fsp3) is 0.316. The summed E-state index contributed by atoms with van der Waals surface area (Å²) < 4.78 is 5.60. The molecular formula is C19H19N3O4. The summed E-state index contributed by atoms with van der Waals surface area (Å²) in [5, 5.41) is 17.5. The van der Waals surface area contributed by atoms with Gasteiger partial charge in [0.1, 0.15) is 11.4 Å². The lowest BCUT2D eigenvalue weighted by atomic mass is 10.00. The van der Waals surface area contributed by atoms with Crippen molar-refractivity contribution in [3.63, 3.8) is 0 Å². The molecule has 1 fully saturated rings. The lowest BCUT2D eigenvalue weighted by molar-refractivity contribution is -0.384. The molecule has 1 saturated carbocycles. The molecule has 0 saturated heterocycles. The molecular weight excluding hydrogens is 334 g/mol. The van der Waals surface area contributed by atoms with E-state index in [0.29, 0.717) is 24.8 Å². The van der Waals surface area contributed by atoms with Crippen molar-refractivity contribution in [2.24, 2.45) is 0 Å². The number of nitro benzene ring substituents is 1. The largest absolute Gasteiger partial charge is 0.493 e. The van der Waals surface area contributed by atoms with Crippen LogP contribution in [0.3, 0.4) is 0 Å². The van der Waals surface area contributed by atoms with Crippen LogP contribution in [0.1, 0.15) is 41.2 Å². The Kier molecular flexibility index (Phi) is 4.20. The highest BCUT2D eigenvalue weighted by Crippen LogP contribution is 2.33. The molecule has 7 nitrogen and oxygen atoms in total. The number of benzene rings is 2. The number of carbonyl (C=O) groups is 1. The molecule has 1 atom stereocenters. The first kappa shape index (κ1) is 16.4. The molecule has 26 heavy (non-hydrogen) atoms. The first-order valence-corrected chi connectivity index (χ1v) is 8.69. The molecule has 0 unspecified atom stereocenters. The number of amides is 1. The summed E-state index contributed by atoms with van der Waals surface area (Å²) in [6.45, 7) is 0.520. The average Bonchev–Trinajstić information content (AvgIpc) is 3.46. The first-order valence-electron chi connectivity index (χ1n) is 8.69. The summed E-state index contributed by atoms with van der Waals surface area (Å²) in [5.74, 6) is 0.437. The fourth-order valence-electron chi connectivity index (χ4n) is 3.13. The minimum absolute atomic E-state index is 0.0723. The highest BCUT2D eigenvalue weighted by Gasteiger charge is 2.27. The molecule has 1 aliphatic heterocycles. The number of fused-ring (bicyclic) bond motifs is 1. The zero-order valence-electron chi connectivity index (χ0n) is 14.1. The molecule has 0 spiro atoms. The smallest absolute Gasteiger partial charge is 0.293 e. The van der Waals surface area contributed by atoms with Crippen LogP contribution >= 0.6 is 0 Å². The highest BCUT2D eigenvalue weighted by atomic mass is 16.6. The Balaban J connectivity index is 1.55. The van der Waals surface area contributed by atoms with Gasteiger partial charge in [0.25, 0.3) is 11.6 Å². The van der Waals surface area contributed by atoms with Crippen molar-refractivity contribution < 1.29 is 14.5 Å². The Morgan fingerprint density at radius 3 is 2.73 bits per heavy atom. The van der Waals surface area contributed by atoms with Gasteiger partial charge in [0.2, 0.25) is 0 Å². The van der Waals surface area contributed by atoms with Crippen molar-refractivity contribution in [3.8, 4) is 5.75 Å². The molecule has 0 aromatic heterocycles. The second-order valence-corrected chi connectivity index (χ2v) is 6.61. The number of hydrogen-bond acceptors (Lipinski definition) is 5. The first-order chi connectivity index (χ1) is 12.6. The second kappa shape index (κ2) is 6.67. The van der Waals surface area contributed by atoms with Crippen molar-refractivity contribution in [2.75, 3.05) is 11.9 Å². The maximum Gasteiger partial charge on any atom is 0.293 e. The van der Waals surface area contributed by atoms with E-state index in [2.05, 4.69) is 10.6 Å². The standard InChI is InChI=1S/C19H19N3O4/c23-19(21-15-9-10-26-18-4-2-1-3-14(15)18)12-5-8-16(20-13-6-7-13)17(11-12)22(24)25/h1-5,8,11,13,15,20H,6-7,9-10H2,(H,21,23)/t15-/m0/s1. The van der Waals surface area contributed by atoms with Crippen molar-refractivity contribution in [2.45, 2.75) is 31.3 Å². The zero-order chi connectivity index (χ0) is 18.1. The number of carbonyl (C=O) groups excluding carboxylic acids is 1. The summed E-state index contributed by atoms with van der Waals surface area (Å²) in [4.78, 5) is 23.6. The number of anilines is 1. The van der Waals surface area contributed by atoms with E-state index in [4.69, 9.17) is 4.74 Å².